The first-order chi connectivity index (χ1) is 10.9. The van der Waals surface area contributed by atoms with E-state index in [1.807, 2.05) is 0 Å². The number of hydrogen-bond donors (Lipinski definition) is 1. The first kappa shape index (κ1) is 15.0. The predicted molar refractivity (Wildman–Crippen MR) is 76.9 cm³/mol. The van der Waals surface area contributed by atoms with E-state index in [9.17, 15) is 23.1 Å². The van der Waals surface area contributed by atoms with Crippen LogP contribution in [0.1, 0.15) is 15.9 Å². The number of pyridine rings is 2. The number of carboxylic acids is 1. The molecule has 3 rings (SSSR count). The molecule has 0 bridgehead atoms. The van der Waals surface area contributed by atoms with Gasteiger partial charge in [-0.2, -0.15) is 13.2 Å². The van der Waals surface area contributed by atoms with E-state index in [2.05, 4.69) is 9.97 Å². The van der Waals surface area contributed by atoms with Crippen molar-refractivity contribution in [2.24, 2.45) is 0 Å². The summed E-state index contributed by atoms with van der Waals surface area (Å²) in [6.07, 6.45) is -1.76. The van der Waals surface area contributed by atoms with Gasteiger partial charge in [0, 0.05) is 23.3 Å². The van der Waals surface area contributed by atoms with Crippen LogP contribution in [0.2, 0.25) is 0 Å². The maximum absolute atomic E-state index is 13.2. The summed E-state index contributed by atoms with van der Waals surface area (Å²) in [6.45, 7) is 0. The Morgan fingerprint density at radius 2 is 1.87 bits per heavy atom. The van der Waals surface area contributed by atoms with Gasteiger partial charge in [-0.15, -0.1) is 0 Å². The molecule has 0 aliphatic carbocycles. The fourth-order valence-corrected chi connectivity index (χ4v) is 2.32. The van der Waals surface area contributed by atoms with Crippen molar-refractivity contribution < 1.29 is 23.1 Å². The standard InChI is InChI=1S/C16H9F3N2O2/c17-16(18,19)12-4-2-1-3-10(12)14-11(15(22)23)7-9-8-20-6-5-13(9)21-14/h1-8H,(H,22,23). The second-order valence-electron chi connectivity index (χ2n) is 4.80. The molecule has 0 spiro atoms. The number of aromatic carboxylic acids is 1. The lowest BCUT2D eigenvalue weighted by Gasteiger charge is -2.14. The van der Waals surface area contributed by atoms with E-state index in [0.717, 1.165) is 6.07 Å². The van der Waals surface area contributed by atoms with E-state index < -0.39 is 17.7 Å². The quantitative estimate of drug-likeness (QED) is 0.775. The minimum Gasteiger partial charge on any atom is -0.478 e. The molecular formula is C16H9F3N2O2. The zero-order chi connectivity index (χ0) is 16.6. The summed E-state index contributed by atoms with van der Waals surface area (Å²) < 4.78 is 39.6. The molecule has 0 aliphatic heterocycles. The van der Waals surface area contributed by atoms with E-state index >= 15 is 0 Å². The van der Waals surface area contributed by atoms with Gasteiger partial charge in [0.05, 0.1) is 22.3 Å². The molecule has 4 nitrogen and oxygen atoms in total. The van der Waals surface area contributed by atoms with Crippen LogP contribution in [0.5, 0.6) is 0 Å². The Balaban J connectivity index is 2.36. The van der Waals surface area contributed by atoms with Crippen molar-refractivity contribution in [2.75, 3.05) is 0 Å². The van der Waals surface area contributed by atoms with Crippen LogP contribution in [0.3, 0.4) is 0 Å². The smallest absolute Gasteiger partial charge is 0.417 e. The third-order valence-electron chi connectivity index (χ3n) is 3.33. The number of alkyl halides is 3. The molecule has 0 fully saturated rings. The molecule has 23 heavy (non-hydrogen) atoms. The van der Waals surface area contributed by atoms with Gasteiger partial charge in [0.15, 0.2) is 0 Å². The van der Waals surface area contributed by atoms with Crippen molar-refractivity contribution in [3.8, 4) is 11.3 Å². The predicted octanol–water partition coefficient (Wildman–Crippen LogP) is 4.01. The van der Waals surface area contributed by atoms with Gasteiger partial charge in [0.25, 0.3) is 0 Å². The highest BCUT2D eigenvalue weighted by atomic mass is 19.4. The first-order valence-electron chi connectivity index (χ1n) is 6.52. The molecule has 0 radical (unpaired) electrons. The molecule has 2 heterocycles. The van der Waals surface area contributed by atoms with Gasteiger partial charge in [0.1, 0.15) is 0 Å². The number of nitrogens with zero attached hydrogens (tertiary/aromatic N) is 2. The van der Waals surface area contributed by atoms with Gasteiger partial charge in [-0.3, -0.25) is 4.98 Å². The number of rotatable bonds is 2. The van der Waals surface area contributed by atoms with Crippen LogP contribution in [-0.4, -0.2) is 21.0 Å². The maximum atomic E-state index is 13.2. The molecule has 3 aromatic rings. The fourth-order valence-electron chi connectivity index (χ4n) is 2.32. The topological polar surface area (TPSA) is 63.1 Å². The highest BCUT2D eigenvalue weighted by molar-refractivity contribution is 5.99. The highest BCUT2D eigenvalue weighted by Gasteiger charge is 2.34. The molecule has 7 heteroatoms. The average molecular weight is 318 g/mol. The van der Waals surface area contributed by atoms with E-state index in [1.54, 1.807) is 0 Å². The molecule has 0 atom stereocenters. The molecular weight excluding hydrogens is 309 g/mol. The van der Waals surface area contributed by atoms with Gasteiger partial charge >= 0.3 is 12.1 Å². The second kappa shape index (κ2) is 5.35. The van der Waals surface area contributed by atoms with Crippen LogP contribution in [0.15, 0.2) is 48.8 Å². The summed E-state index contributed by atoms with van der Waals surface area (Å²) in [5, 5.41) is 9.78. The second-order valence-corrected chi connectivity index (χ2v) is 4.80. The number of benzene rings is 1. The highest BCUT2D eigenvalue weighted by Crippen LogP contribution is 2.38. The van der Waals surface area contributed by atoms with Gasteiger partial charge in [-0.05, 0) is 18.2 Å². The Morgan fingerprint density at radius 3 is 2.57 bits per heavy atom. The molecule has 1 N–H and O–H groups in total. The van der Waals surface area contributed by atoms with Gasteiger partial charge < -0.3 is 5.11 Å². The van der Waals surface area contributed by atoms with Crippen molar-refractivity contribution in [2.45, 2.75) is 6.18 Å². The third-order valence-corrected chi connectivity index (χ3v) is 3.33. The van der Waals surface area contributed by atoms with Gasteiger partial charge in [0.2, 0.25) is 0 Å². The van der Waals surface area contributed by atoms with Crippen LogP contribution in [0.25, 0.3) is 22.2 Å². The molecule has 0 saturated carbocycles. The lowest BCUT2D eigenvalue weighted by atomic mass is 9.99. The lowest BCUT2D eigenvalue weighted by Crippen LogP contribution is -2.10. The Labute approximate surface area is 128 Å². The van der Waals surface area contributed by atoms with Crippen LogP contribution in [0.4, 0.5) is 13.2 Å². The number of fused-ring (bicyclic) bond motifs is 1. The van der Waals surface area contributed by atoms with Crippen molar-refractivity contribution >= 4 is 16.9 Å². The molecule has 116 valence electrons. The molecule has 0 amide bonds. The summed E-state index contributed by atoms with van der Waals surface area (Å²) in [5.74, 6) is -1.35. The van der Waals surface area contributed by atoms with Crippen LogP contribution in [-0.2, 0) is 6.18 Å². The zero-order valence-corrected chi connectivity index (χ0v) is 11.5. The molecule has 2 aromatic heterocycles. The Hall–Kier alpha value is -2.96. The Bertz CT molecular complexity index is 907. The van der Waals surface area contributed by atoms with Crippen molar-refractivity contribution in [1.82, 2.24) is 9.97 Å². The van der Waals surface area contributed by atoms with E-state index in [1.165, 1.54) is 42.7 Å². The number of aromatic nitrogens is 2. The number of hydrogen-bond acceptors (Lipinski definition) is 3. The maximum Gasteiger partial charge on any atom is 0.417 e. The van der Waals surface area contributed by atoms with E-state index in [-0.39, 0.29) is 16.8 Å². The molecule has 0 saturated heterocycles. The van der Waals surface area contributed by atoms with E-state index in [0.29, 0.717) is 10.9 Å². The van der Waals surface area contributed by atoms with Crippen molar-refractivity contribution in [3.05, 3.63) is 59.9 Å². The minimum atomic E-state index is -4.61. The number of carboxylic acid groups (broad SMARTS) is 1. The zero-order valence-electron chi connectivity index (χ0n) is 11.5. The number of halogens is 3. The summed E-state index contributed by atoms with van der Waals surface area (Å²) in [5.41, 5.74) is -1.34. The summed E-state index contributed by atoms with van der Waals surface area (Å²) in [7, 11) is 0. The molecule has 0 aliphatic rings. The minimum absolute atomic E-state index is 0.218. The normalized spacial score (nSPS) is 11.6. The Kier molecular flexibility index (Phi) is 3.48. The Morgan fingerprint density at radius 1 is 1.13 bits per heavy atom. The molecule has 0 unspecified atom stereocenters. The largest absolute Gasteiger partial charge is 0.478 e. The summed E-state index contributed by atoms with van der Waals surface area (Å²) >= 11 is 0. The summed E-state index contributed by atoms with van der Waals surface area (Å²) in [4.78, 5) is 19.4. The van der Waals surface area contributed by atoms with Gasteiger partial charge in [-0.1, -0.05) is 18.2 Å². The van der Waals surface area contributed by atoms with Crippen LogP contribution in [0, 0.1) is 0 Å². The monoisotopic (exact) mass is 318 g/mol. The van der Waals surface area contributed by atoms with Crippen LogP contribution >= 0.6 is 0 Å². The third kappa shape index (κ3) is 2.73. The summed E-state index contributed by atoms with van der Waals surface area (Å²) in [6, 6.07) is 7.57. The van der Waals surface area contributed by atoms with Crippen molar-refractivity contribution in [1.29, 1.82) is 0 Å². The SMILES string of the molecule is O=C(O)c1cc2cnccc2nc1-c1ccccc1C(F)(F)F. The van der Waals surface area contributed by atoms with Crippen molar-refractivity contribution in [3.63, 3.8) is 0 Å². The van der Waals surface area contributed by atoms with Gasteiger partial charge in [-0.25, -0.2) is 9.78 Å². The molecule has 1 aromatic carbocycles. The fraction of sp³-hybridized carbons (Fsp3) is 0.0625. The lowest BCUT2D eigenvalue weighted by molar-refractivity contribution is -0.137. The van der Waals surface area contributed by atoms with E-state index in [4.69, 9.17) is 0 Å². The number of carbonyl (C=O) groups is 1. The van der Waals surface area contributed by atoms with Crippen LogP contribution < -0.4 is 0 Å². The first-order valence-corrected chi connectivity index (χ1v) is 6.52. The average Bonchev–Trinajstić information content (AvgIpc) is 2.52.